The number of aromatic carboxylic acids is 1. The highest BCUT2D eigenvalue weighted by molar-refractivity contribution is 7.99. The van der Waals surface area contributed by atoms with Gasteiger partial charge in [-0.3, -0.25) is 0 Å². The van der Waals surface area contributed by atoms with E-state index in [4.69, 9.17) is 5.11 Å². The summed E-state index contributed by atoms with van der Waals surface area (Å²) >= 11 is 1.72. The van der Waals surface area contributed by atoms with Gasteiger partial charge in [-0.1, -0.05) is 29.8 Å². The molecule has 0 amide bonds. The average Bonchev–Trinajstić information content (AvgIpc) is 2.84. The van der Waals surface area contributed by atoms with Crippen molar-refractivity contribution in [3.63, 3.8) is 0 Å². The first-order chi connectivity index (χ1) is 9.61. The fourth-order valence-corrected chi connectivity index (χ4v) is 2.74. The van der Waals surface area contributed by atoms with Crippen LogP contribution in [0.15, 0.2) is 29.2 Å². The molecule has 1 heterocycles. The molecule has 6 heteroatoms. The normalized spacial score (nSPS) is 10.7. The molecule has 0 bridgehead atoms. The summed E-state index contributed by atoms with van der Waals surface area (Å²) in [5.41, 5.74) is 1.99. The van der Waals surface area contributed by atoms with Crippen LogP contribution in [0.4, 0.5) is 0 Å². The smallest absolute Gasteiger partial charge is 0.358 e. The van der Waals surface area contributed by atoms with Crippen LogP contribution in [0.5, 0.6) is 0 Å². The van der Waals surface area contributed by atoms with E-state index in [-0.39, 0.29) is 5.69 Å². The first kappa shape index (κ1) is 14.6. The molecule has 0 saturated carbocycles. The molecule has 1 aromatic carbocycles. The highest BCUT2D eigenvalue weighted by Crippen LogP contribution is 2.19. The average molecular weight is 291 g/mol. The van der Waals surface area contributed by atoms with E-state index in [1.165, 1.54) is 10.5 Å². The van der Waals surface area contributed by atoms with Gasteiger partial charge in [-0.25, -0.2) is 9.48 Å². The minimum atomic E-state index is -1.01. The molecule has 0 aliphatic rings. The summed E-state index contributed by atoms with van der Waals surface area (Å²) in [5.74, 6) is -0.183. The fourth-order valence-electron chi connectivity index (χ4n) is 1.91. The van der Waals surface area contributed by atoms with E-state index >= 15 is 0 Å². The number of aromatic nitrogens is 3. The third kappa shape index (κ3) is 3.39. The van der Waals surface area contributed by atoms with Gasteiger partial charge in [0, 0.05) is 10.6 Å². The number of hydrogen-bond acceptors (Lipinski definition) is 4. The van der Waals surface area contributed by atoms with Gasteiger partial charge < -0.3 is 5.11 Å². The maximum absolute atomic E-state index is 11.0. The number of rotatable bonds is 6. The lowest BCUT2D eigenvalue weighted by Gasteiger charge is -2.05. The van der Waals surface area contributed by atoms with Gasteiger partial charge in [0.25, 0.3) is 0 Å². The highest BCUT2D eigenvalue weighted by Gasteiger charge is 2.16. The van der Waals surface area contributed by atoms with E-state index in [1.54, 1.807) is 16.4 Å². The number of carboxylic acids is 1. The summed E-state index contributed by atoms with van der Waals surface area (Å²) in [6.45, 7) is 4.63. The van der Waals surface area contributed by atoms with E-state index in [9.17, 15) is 4.79 Å². The van der Waals surface area contributed by atoms with Crippen LogP contribution >= 0.6 is 11.8 Å². The summed E-state index contributed by atoms with van der Waals surface area (Å²) in [6, 6.07) is 8.34. The van der Waals surface area contributed by atoms with E-state index in [1.807, 2.05) is 6.92 Å². The summed E-state index contributed by atoms with van der Waals surface area (Å²) in [6.07, 6.45) is 0.615. The Labute approximate surface area is 122 Å². The van der Waals surface area contributed by atoms with Crippen molar-refractivity contribution < 1.29 is 9.90 Å². The maximum atomic E-state index is 11.0. The lowest BCUT2D eigenvalue weighted by Crippen LogP contribution is -2.09. The molecule has 0 spiro atoms. The second-order valence-corrected chi connectivity index (χ2v) is 5.60. The van der Waals surface area contributed by atoms with Crippen LogP contribution in [-0.2, 0) is 13.0 Å². The molecular formula is C14H17N3O2S. The van der Waals surface area contributed by atoms with Crippen LogP contribution in [0.3, 0.4) is 0 Å². The largest absolute Gasteiger partial charge is 0.476 e. The highest BCUT2D eigenvalue weighted by atomic mass is 32.2. The van der Waals surface area contributed by atoms with Crippen molar-refractivity contribution in [2.45, 2.75) is 31.7 Å². The monoisotopic (exact) mass is 291 g/mol. The Balaban J connectivity index is 1.97. The second-order valence-electron chi connectivity index (χ2n) is 4.43. The predicted molar refractivity (Wildman–Crippen MR) is 78.3 cm³/mol. The molecule has 2 rings (SSSR count). The lowest BCUT2D eigenvalue weighted by molar-refractivity contribution is 0.0689. The first-order valence-corrected chi connectivity index (χ1v) is 7.45. The van der Waals surface area contributed by atoms with Crippen LogP contribution in [0, 0.1) is 6.92 Å². The van der Waals surface area contributed by atoms with Gasteiger partial charge in [-0.05, 0) is 25.5 Å². The number of nitrogens with zero attached hydrogens (tertiary/aromatic N) is 3. The number of hydrogen-bond donors (Lipinski definition) is 1. The third-order valence-electron chi connectivity index (χ3n) is 2.97. The fraction of sp³-hybridized carbons (Fsp3) is 0.357. The molecule has 1 aromatic heterocycles. The zero-order valence-electron chi connectivity index (χ0n) is 11.5. The van der Waals surface area contributed by atoms with E-state index < -0.39 is 5.97 Å². The molecule has 0 fully saturated rings. The summed E-state index contributed by atoms with van der Waals surface area (Å²) < 4.78 is 1.69. The number of thioether (sulfide) groups is 1. The minimum Gasteiger partial charge on any atom is -0.476 e. The van der Waals surface area contributed by atoms with E-state index in [0.29, 0.717) is 18.7 Å². The van der Waals surface area contributed by atoms with E-state index in [2.05, 4.69) is 41.5 Å². The first-order valence-electron chi connectivity index (χ1n) is 6.47. The predicted octanol–water partition coefficient (Wildman–Crippen LogP) is 2.64. The SMILES string of the molecule is CCc1c(C(=O)O)nnn1CCSc1ccc(C)cc1. The Morgan fingerprint density at radius 1 is 1.35 bits per heavy atom. The van der Waals surface area contributed by atoms with Crippen molar-refractivity contribution in [2.75, 3.05) is 5.75 Å². The molecule has 106 valence electrons. The van der Waals surface area contributed by atoms with E-state index in [0.717, 1.165) is 5.75 Å². The molecule has 0 radical (unpaired) electrons. The Hall–Kier alpha value is -1.82. The van der Waals surface area contributed by atoms with Gasteiger partial charge in [0.2, 0.25) is 0 Å². The molecule has 2 aromatic rings. The Morgan fingerprint density at radius 2 is 2.05 bits per heavy atom. The summed E-state index contributed by atoms with van der Waals surface area (Å²) in [4.78, 5) is 12.2. The Kier molecular flexibility index (Phi) is 4.79. The third-order valence-corrected chi connectivity index (χ3v) is 3.96. The van der Waals surface area contributed by atoms with Gasteiger partial charge in [0.15, 0.2) is 5.69 Å². The molecule has 0 unspecified atom stereocenters. The van der Waals surface area contributed by atoms with Crippen molar-refractivity contribution in [1.29, 1.82) is 0 Å². The van der Waals surface area contributed by atoms with Gasteiger partial charge in [-0.2, -0.15) is 0 Å². The summed E-state index contributed by atoms with van der Waals surface area (Å²) in [7, 11) is 0. The van der Waals surface area contributed by atoms with Crippen LogP contribution in [0.1, 0.15) is 28.7 Å². The second kappa shape index (κ2) is 6.56. The van der Waals surface area contributed by atoms with Gasteiger partial charge >= 0.3 is 5.97 Å². The number of carboxylic acid groups (broad SMARTS) is 1. The van der Waals surface area contributed by atoms with Crippen LogP contribution in [-0.4, -0.2) is 31.8 Å². The molecule has 1 N–H and O–H groups in total. The molecule has 5 nitrogen and oxygen atoms in total. The molecular weight excluding hydrogens is 274 g/mol. The number of carbonyl (C=O) groups is 1. The zero-order valence-corrected chi connectivity index (χ0v) is 12.4. The lowest BCUT2D eigenvalue weighted by atomic mass is 10.2. The number of aryl methyl sites for hydroxylation is 2. The van der Waals surface area contributed by atoms with Crippen molar-refractivity contribution in [1.82, 2.24) is 15.0 Å². The molecule has 20 heavy (non-hydrogen) atoms. The molecule has 0 aliphatic carbocycles. The Morgan fingerprint density at radius 3 is 2.65 bits per heavy atom. The van der Waals surface area contributed by atoms with Crippen molar-refractivity contribution in [2.24, 2.45) is 0 Å². The van der Waals surface area contributed by atoms with Gasteiger partial charge in [-0.15, -0.1) is 16.9 Å². The van der Waals surface area contributed by atoms with Crippen molar-refractivity contribution in [3.05, 3.63) is 41.2 Å². The molecule has 0 saturated heterocycles. The topological polar surface area (TPSA) is 68.0 Å². The molecule has 0 aliphatic heterocycles. The quantitative estimate of drug-likeness (QED) is 0.829. The number of benzene rings is 1. The standard InChI is InChI=1S/C14H17N3O2S/c1-3-12-13(14(18)19)15-16-17(12)8-9-20-11-6-4-10(2)5-7-11/h4-7H,3,8-9H2,1-2H3,(H,18,19). The van der Waals surface area contributed by atoms with Crippen LogP contribution in [0.25, 0.3) is 0 Å². The van der Waals surface area contributed by atoms with Crippen molar-refractivity contribution in [3.8, 4) is 0 Å². The van der Waals surface area contributed by atoms with Crippen LogP contribution in [0.2, 0.25) is 0 Å². The maximum Gasteiger partial charge on any atom is 0.358 e. The van der Waals surface area contributed by atoms with Crippen molar-refractivity contribution >= 4 is 17.7 Å². The zero-order chi connectivity index (χ0) is 14.5. The van der Waals surface area contributed by atoms with Gasteiger partial charge in [0.1, 0.15) is 0 Å². The Bertz CT molecular complexity index is 593. The minimum absolute atomic E-state index is 0.0628. The molecule has 0 atom stereocenters. The van der Waals surface area contributed by atoms with Gasteiger partial charge in [0.05, 0.1) is 12.2 Å². The van der Waals surface area contributed by atoms with Crippen LogP contribution < -0.4 is 0 Å². The summed E-state index contributed by atoms with van der Waals surface area (Å²) in [5, 5.41) is 16.7.